The second kappa shape index (κ2) is 7.57. The van der Waals surface area contributed by atoms with Crippen LogP contribution in [0.15, 0.2) is 66.1 Å². The van der Waals surface area contributed by atoms with E-state index in [1.165, 1.54) is 9.71 Å². The zero-order valence-corrected chi connectivity index (χ0v) is 14.6. The van der Waals surface area contributed by atoms with E-state index in [2.05, 4.69) is 0 Å². The molecule has 0 spiro atoms. The Kier molecular flexibility index (Phi) is 5.74. The van der Waals surface area contributed by atoms with Gasteiger partial charge in [-0.05, 0) is 23.1 Å². The van der Waals surface area contributed by atoms with E-state index in [1.807, 2.05) is 74.5 Å². The van der Waals surface area contributed by atoms with E-state index in [0.29, 0.717) is 0 Å². The molecule has 122 valence electrons. The summed E-state index contributed by atoms with van der Waals surface area (Å²) in [5.41, 5.74) is 1.87. The fourth-order valence-corrected chi connectivity index (χ4v) is 3.85. The third kappa shape index (κ3) is 4.53. The Morgan fingerprint density at radius 3 is 1.96 bits per heavy atom. The normalized spacial score (nSPS) is 13.8. The molecule has 2 aromatic rings. The summed E-state index contributed by atoms with van der Waals surface area (Å²) in [6.45, 7) is 4.06. The van der Waals surface area contributed by atoms with Crippen molar-refractivity contribution in [3.05, 3.63) is 77.2 Å². The van der Waals surface area contributed by atoms with Crippen LogP contribution in [0, 0.1) is 5.92 Å². The highest BCUT2D eigenvalue weighted by molar-refractivity contribution is 7.92. The molecule has 2 aromatic carbocycles. The molecule has 0 fully saturated rings. The molecular weight excluding hydrogens is 306 g/mol. The molecule has 3 nitrogen and oxygen atoms in total. The first-order chi connectivity index (χ1) is 10.9. The number of nitrogens with zero attached hydrogens (tertiary/aromatic N) is 1. The third-order valence-electron chi connectivity index (χ3n) is 3.80. The van der Waals surface area contributed by atoms with Crippen molar-refractivity contribution in [1.82, 2.24) is 4.31 Å². The first-order valence-corrected chi connectivity index (χ1v) is 9.18. The van der Waals surface area contributed by atoms with Crippen LogP contribution in [0.1, 0.15) is 31.0 Å². The summed E-state index contributed by atoms with van der Waals surface area (Å²) < 4.78 is 26.8. The lowest BCUT2D eigenvalue weighted by atomic mass is 9.96. The molecule has 0 heterocycles. The molecule has 1 unspecified atom stereocenters. The van der Waals surface area contributed by atoms with E-state index < -0.39 is 10.0 Å². The lowest BCUT2D eigenvalue weighted by Gasteiger charge is -2.30. The second-order valence-electron chi connectivity index (χ2n) is 5.87. The van der Waals surface area contributed by atoms with Crippen LogP contribution < -0.4 is 0 Å². The minimum Gasteiger partial charge on any atom is -0.207 e. The topological polar surface area (TPSA) is 37.4 Å². The summed E-state index contributed by atoms with van der Waals surface area (Å²) in [6, 6.07) is 19.0. The van der Waals surface area contributed by atoms with Crippen LogP contribution in [-0.4, -0.2) is 19.8 Å². The lowest BCUT2D eigenvalue weighted by Crippen LogP contribution is -2.32. The van der Waals surface area contributed by atoms with Gasteiger partial charge in [-0.15, -0.1) is 0 Å². The van der Waals surface area contributed by atoms with E-state index in [4.69, 9.17) is 0 Å². The Bertz CT molecular complexity index is 737. The Balaban J connectivity index is 2.28. The molecule has 0 amide bonds. The Hall–Kier alpha value is -1.91. The summed E-state index contributed by atoms with van der Waals surface area (Å²) >= 11 is 0. The number of hydrogen-bond acceptors (Lipinski definition) is 2. The average Bonchev–Trinajstić information content (AvgIpc) is 2.55. The van der Waals surface area contributed by atoms with Crippen LogP contribution in [0.3, 0.4) is 0 Å². The third-order valence-corrected chi connectivity index (χ3v) is 5.31. The van der Waals surface area contributed by atoms with Gasteiger partial charge in [0.2, 0.25) is 10.0 Å². The first kappa shape index (κ1) is 17.4. The minimum absolute atomic E-state index is 0.169. The summed E-state index contributed by atoms with van der Waals surface area (Å²) in [5, 5.41) is 1.28. The highest BCUT2D eigenvalue weighted by Crippen LogP contribution is 2.30. The van der Waals surface area contributed by atoms with Gasteiger partial charge in [-0.3, -0.25) is 0 Å². The van der Waals surface area contributed by atoms with E-state index in [1.54, 1.807) is 13.1 Å². The van der Waals surface area contributed by atoms with Crippen LogP contribution in [0.25, 0.3) is 6.08 Å². The van der Waals surface area contributed by atoms with Crippen LogP contribution in [-0.2, 0) is 10.0 Å². The molecule has 0 aliphatic rings. The quantitative estimate of drug-likeness (QED) is 0.791. The number of sulfonamides is 1. The molecule has 0 radical (unpaired) electrons. The Morgan fingerprint density at radius 1 is 0.913 bits per heavy atom. The zero-order valence-electron chi connectivity index (χ0n) is 13.8. The van der Waals surface area contributed by atoms with Crippen LogP contribution in [0.2, 0.25) is 0 Å². The number of rotatable bonds is 6. The van der Waals surface area contributed by atoms with Crippen molar-refractivity contribution in [2.75, 3.05) is 7.05 Å². The monoisotopic (exact) mass is 329 g/mol. The van der Waals surface area contributed by atoms with E-state index in [9.17, 15) is 8.42 Å². The maximum atomic E-state index is 12.7. The van der Waals surface area contributed by atoms with Crippen LogP contribution >= 0.6 is 0 Å². The van der Waals surface area contributed by atoms with Gasteiger partial charge < -0.3 is 0 Å². The highest BCUT2D eigenvalue weighted by Gasteiger charge is 2.28. The van der Waals surface area contributed by atoms with Gasteiger partial charge in [0.1, 0.15) is 0 Å². The molecule has 0 aromatic heterocycles. The van der Waals surface area contributed by atoms with E-state index in [-0.39, 0.29) is 12.0 Å². The summed E-state index contributed by atoms with van der Waals surface area (Å²) in [5.74, 6) is 0.169. The molecular formula is C19H23NO2S. The standard InChI is InChI=1S/C19H23NO2S/c1-16(2)19(18-12-8-5-9-13-18)20(3)23(21,22)15-14-17-10-6-4-7-11-17/h4-16,19H,1-3H3/b15-14+. The van der Waals surface area contributed by atoms with Crippen LogP contribution in [0.5, 0.6) is 0 Å². The van der Waals surface area contributed by atoms with Gasteiger partial charge in [-0.2, -0.15) is 4.31 Å². The minimum atomic E-state index is -3.50. The largest absolute Gasteiger partial charge is 0.236 e. The van der Waals surface area contributed by atoms with Crippen molar-refractivity contribution in [3.8, 4) is 0 Å². The second-order valence-corrected chi connectivity index (χ2v) is 7.75. The van der Waals surface area contributed by atoms with Crippen LogP contribution in [0.4, 0.5) is 0 Å². The van der Waals surface area contributed by atoms with Gasteiger partial charge in [-0.1, -0.05) is 74.5 Å². The van der Waals surface area contributed by atoms with Gasteiger partial charge >= 0.3 is 0 Å². The average molecular weight is 329 g/mol. The van der Waals surface area contributed by atoms with Gasteiger partial charge in [0.25, 0.3) is 0 Å². The van der Waals surface area contributed by atoms with Crippen molar-refractivity contribution in [3.63, 3.8) is 0 Å². The predicted octanol–water partition coefficient (Wildman–Crippen LogP) is 4.32. The maximum Gasteiger partial charge on any atom is 0.236 e. The molecule has 23 heavy (non-hydrogen) atoms. The number of benzene rings is 2. The molecule has 0 bridgehead atoms. The fraction of sp³-hybridized carbons (Fsp3) is 0.263. The predicted molar refractivity (Wildman–Crippen MR) is 96.2 cm³/mol. The van der Waals surface area contributed by atoms with Crippen molar-refractivity contribution in [2.45, 2.75) is 19.9 Å². The maximum absolute atomic E-state index is 12.7. The molecule has 0 aliphatic heterocycles. The van der Waals surface area contributed by atoms with Gasteiger partial charge in [0, 0.05) is 12.5 Å². The molecule has 4 heteroatoms. The lowest BCUT2D eigenvalue weighted by molar-refractivity contribution is 0.303. The van der Waals surface area contributed by atoms with Gasteiger partial charge in [-0.25, -0.2) is 8.42 Å². The molecule has 0 saturated carbocycles. The zero-order chi connectivity index (χ0) is 16.9. The Labute approximate surface area is 139 Å². The molecule has 0 saturated heterocycles. The smallest absolute Gasteiger partial charge is 0.207 e. The SMILES string of the molecule is CC(C)C(c1ccccc1)N(C)S(=O)(=O)/C=C/c1ccccc1. The van der Waals surface area contributed by atoms with E-state index in [0.717, 1.165) is 11.1 Å². The molecule has 1 atom stereocenters. The molecule has 0 N–H and O–H groups in total. The van der Waals surface area contributed by atoms with E-state index >= 15 is 0 Å². The summed E-state index contributed by atoms with van der Waals surface area (Å²) in [4.78, 5) is 0. The molecule has 0 aliphatic carbocycles. The highest BCUT2D eigenvalue weighted by atomic mass is 32.2. The van der Waals surface area contributed by atoms with Crippen molar-refractivity contribution in [1.29, 1.82) is 0 Å². The first-order valence-electron chi connectivity index (χ1n) is 7.68. The number of hydrogen-bond donors (Lipinski definition) is 0. The summed E-state index contributed by atoms with van der Waals surface area (Å²) in [6.07, 6.45) is 1.63. The summed E-state index contributed by atoms with van der Waals surface area (Å²) in [7, 11) is -1.86. The van der Waals surface area contributed by atoms with Crippen molar-refractivity contribution >= 4 is 16.1 Å². The van der Waals surface area contributed by atoms with Gasteiger partial charge in [0.15, 0.2) is 0 Å². The molecule has 2 rings (SSSR count). The Morgan fingerprint density at radius 2 is 1.43 bits per heavy atom. The van der Waals surface area contributed by atoms with Crippen molar-refractivity contribution in [2.24, 2.45) is 5.92 Å². The fourth-order valence-electron chi connectivity index (χ4n) is 2.65. The van der Waals surface area contributed by atoms with Gasteiger partial charge in [0.05, 0.1) is 6.04 Å². The van der Waals surface area contributed by atoms with Crippen molar-refractivity contribution < 1.29 is 8.42 Å².